The average Bonchev–Trinajstić information content (AvgIpc) is 3.12. The molecule has 2 amide bonds. The Balaban J connectivity index is 1.61. The van der Waals surface area contributed by atoms with Gasteiger partial charge in [0.1, 0.15) is 11.0 Å². The van der Waals surface area contributed by atoms with E-state index in [1.807, 2.05) is 0 Å². The van der Waals surface area contributed by atoms with E-state index >= 15 is 0 Å². The van der Waals surface area contributed by atoms with Gasteiger partial charge >= 0.3 is 0 Å². The first-order valence-corrected chi connectivity index (χ1v) is 7.61. The Morgan fingerprint density at radius 1 is 0.955 bits per heavy atom. The van der Waals surface area contributed by atoms with Crippen molar-refractivity contribution in [2.24, 2.45) is 23.7 Å². The SMILES string of the molecule is O=C1C2C3C=CC(CC3)C2C(=O)N1c1ccc2n[nH]nc2c1. The van der Waals surface area contributed by atoms with Crippen LogP contribution in [0, 0.1) is 23.7 Å². The summed E-state index contributed by atoms with van der Waals surface area (Å²) in [5.74, 6) is -0.0400. The zero-order valence-corrected chi connectivity index (χ0v) is 11.8. The first-order valence-electron chi connectivity index (χ1n) is 7.61. The average molecular weight is 294 g/mol. The smallest absolute Gasteiger partial charge is 0.238 e. The molecule has 3 aliphatic carbocycles. The van der Waals surface area contributed by atoms with Crippen molar-refractivity contribution in [3.8, 4) is 0 Å². The minimum absolute atomic E-state index is 0.0584. The monoisotopic (exact) mass is 294 g/mol. The summed E-state index contributed by atoms with van der Waals surface area (Å²) >= 11 is 0. The lowest BCUT2D eigenvalue weighted by Crippen LogP contribution is -2.38. The van der Waals surface area contributed by atoms with E-state index < -0.39 is 0 Å². The van der Waals surface area contributed by atoms with Gasteiger partial charge < -0.3 is 0 Å². The van der Waals surface area contributed by atoms with Crippen LogP contribution in [0.2, 0.25) is 0 Å². The minimum atomic E-state index is -0.177. The summed E-state index contributed by atoms with van der Waals surface area (Å²) in [4.78, 5) is 27.0. The number of fused-ring (bicyclic) bond motifs is 2. The van der Waals surface area contributed by atoms with Crippen molar-refractivity contribution in [1.82, 2.24) is 15.4 Å². The summed E-state index contributed by atoms with van der Waals surface area (Å²) in [6.45, 7) is 0. The molecule has 1 aromatic heterocycles. The number of H-pyrrole nitrogens is 1. The van der Waals surface area contributed by atoms with Gasteiger partial charge in [0.25, 0.3) is 0 Å². The van der Waals surface area contributed by atoms with E-state index in [4.69, 9.17) is 0 Å². The van der Waals surface area contributed by atoms with Gasteiger partial charge in [-0.05, 0) is 42.9 Å². The van der Waals surface area contributed by atoms with Gasteiger partial charge in [0.2, 0.25) is 11.8 Å². The number of aromatic amines is 1. The number of nitrogens with one attached hydrogen (secondary N) is 1. The number of hydrogen-bond acceptors (Lipinski definition) is 4. The second-order valence-corrected chi connectivity index (χ2v) is 6.35. The fraction of sp³-hybridized carbons (Fsp3) is 0.375. The maximum absolute atomic E-state index is 12.8. The minimum Gasteiger partial charge on any atom is -0.274 e. The molecule has 1 aliphatic heterocycles. The zero-order chi connectivity index (χ0) is 14.8. The van der Waals surface area contributed by atoms with Gasteiger partial charge in [-0.3, -0.25) is 9.59 Å². The summed E-state index contributed by atoms with van der Waals surface area (Å²) in [7, 11) is 0. The number of imide groups is 1. The van der Waals surface area contributed by atoms with E-state index in [1.165, 1.54) is 4.90 Å². The Morgan fingerprint density at radius 3 is 2.23 bits per heavy atom. The molecule has 2 fully saturated rings. The molecule has 22 heavy (non-hydrogen) atoms. The fourth-order valence-electron chi connectivity index (χ4n) is 4.30. The van der Waals surface area contributed by atoms with Crippen LogP contribution in [0.15, 0.2) is 30.4 Å². The highest BCUT2D eigenvalue weighted by Gasteiger charge is 2.56. The van der Waals surface area contributed by atoms with Crippen molar-refractivity contribution in [2.75, 3.05) is 4.90 Å². The predicted molar refractivity (Wildman–Crippen MR) is 78.7 cm³/mol. The summed E-state index contributed by atoms with van der Waals surface area (Å²) in [5, 5.41) is 10.6. The van der Waals surface area contributed by atoms with Crippen LogP contribution in [0.25, 0.3) is 11.0 Å². The van der Waals surface area contributed by atoms with Crippen molar-refractivity contribution in [3.63, 3.8) is 0 Å². The van der Waals surface area contributed by atoms with Gasteiger partial charge in [-0.2, -0.15) is 15.4 Å². The maximum atomic E-state index is 12.8. The van der Waals surface area contributed by atoms with Gasteiger partial charge in [-0.15, -0.1) is 0 Å². The fourth-order valence-corrected chi connectivity index (χ4v) is 4.30. The molecule has 6 rings (SSSR count). The molecular formula is C16H14N4O2. The number of nitrogens with zero attached hydrogens (tertiary/aromatic N) is 3. The topological polar surface area (TPSA) is 79.0 Å². The van der Waals surface area contributed by atoms with E-state index in [9.17, 15) is 9.59 Å². The number of anilines is 1. The van der Waals surface area contributed by atoms with Gasteiger partial charge in [0, 0.05) is 0 Å². The Kier molecular flexibility index (Phi) is 2.21. The molecule has 1 N–H and O–H groups in total. The standard InChI is InChI=1S/C16H14N4O2/c21-15-13-8-1-2-9(4-3-8)14(13)16(22)20(15)10-5-6-11-12(7-10)18-19-17-11/h1-2,5-9,13-14H,3-4H2,(H,17,18,19). The molecule has 4 aliphatic rings. The lowest BCUT2D eigenvalue weighted by Gasteiger charge is -2.38. The number of rotatable bonds is 1. The molecule has 2 bridgehead atoms. The van der Waals surface area contributed by atoms with Crippen LogP contribution in [0.4, 0.5) is 5.69 Å². The molecular weight excluding hydrogens is 280 g/mol. The molecule has 1 saturated carbocycles. The number of carbonyl (C=O) groups excluding carboxylic acids is 2. The summed E-state index contributed by atoms with van der Waals surface area (Å²) in [6, 6.07) is 5.30. The first-order chi connectivity index (χ1) is 10.7. The molecule has 2 aromatic rings. The Labute approximate surface area is 126 Å². The van der Waals surface area contributed by atoms with E-state index in [-0.39, 0.29) is 35.5 Å². The maximum Gasteiger partial charge on any atom is 0.238 e. The highest BCUT2D eigenvalue weighted by Crippen LogP contribution is 2.50. The molecule has 4 atom stereocenters. The number of benzene rings is 1. The van der Waals surface area contributed by atoms with Crippen LogP contribution >= 0.6 is 0 Å². The molecule has 0 radical (unpaired) electrons. The van der Waals surface area contributed by atoms with Crippen LogP contribution in [0.3, 0.4) is 0 Å². The number of amides is 2. The summed E-state index contributed by atoms with van der Waals surface area (Å²) in [5.41, 5.74) is 1.99. The molecule has 4 unspecified atom stereocenters. The van der Waals surface area contributed by atoms with Gasteiger partial charge in [0.05, 0.1) is 17.5 Å². The van der Waals surface area contributed by atoms with Crippen molar-refractivity contribution in [1.29, 1.82) is 0 Å². The molecule has 0 spiro atoms. The lowest BCUT2D eigenvalue weighted by molar-refractivity contribution is -0.124. The van der Waals surface area contributed by atoms with E-state index in [1.54, 1.807) is 18.2 Å². The predicted octanol–water partition coefficient (Wildman–Crippen LogP) is 1.66. The number of carbonyl (C=O) groups is 2. The van der Waals surface area contributed by atoms with Crippen LogP contribution in [0.1, 0.15) is 12.8 Å². The second-order valence-electron chi connectivity index (χ2n) is 6.35. The first kappa shape index (κ1) is 12.1. The van der Waals surface area contributed by atoms with Crippen molar-refractivity contribution in [2.45, 2.75) is 12.8 Å². The third kappa shape index (κ3) is 1.39. The molecule has 6 heteroatoms. The summed E-state index contributed by atoms with van der Waals surface area (Å²) in [6.07, 6.45) is 6.28. The normalized spacial score (nSPS) is 33.0. The summed E-state index contributed by atoms with van der Waals surface area (Å²) < 4.78 is 0. The Morgan fingerprint density at radius 2 is 1.59 bits per heavy atom. The van der Waals surface area contributed by atoms with E-state index in [0.29, 0.717) is 11.2 Å². The molecule has 2 heterocycles. The van der Waals surface area contributed by atoms with Crippen LogP contribution in [0.5, 0.6) is 0 Å². The highest BCUT2D eigenvalue weighted by atomic mass is 16.2. The number of aromatic nitrogens is 3. The van der Waals surface area contributed by atoms with Crippen molar-refractivity contribution >= 4 is 28.5 Å². The third-order valence-electron chi connectivity index (χ3n) is 5.32. The molecule has 6 nitrogen and oxygen atoms in total. The molecule has 1 aromatic carbocycles. The van der Waals surface area contributed by atoms with Crippen molar-refractivity contribution in [3.05, 3.63) is 30.4 Å². The van der Waals surface area contributed by atoms with E-state index in [2.05, 4.69) is 27.6 Å². The molecule has 1 saturated heterocycles. The van der Waals surface area contributed by atoms with Crippen LogP contribution < -0.4 is 4.90 Å². The zero-order valence-electron chi connectivity index (χ0n) is 11.8. The Hall–Kier alpha value is -2.50. The largest absolute Gasteiger partial charge is 0.274 e. The van der Waals surface area contributed by atoms with Gasteiger partial charge in [-0.1, -0.05) is 12.2 Å². The van der Waals surface area contributed by atoms with Crippen LogP contribution in [-0.4, -0.2) is 27.2 Å². The Bertz CT molecular complexity index is 808. The van der Waals surface area contributed by atoms with Gasteiger partial charge in [0.15, 0.2) is 0 Å². The van der Waals surface area contributed by atoms with Gasteiger partial charge in [-0.25, -0.2) is 4.90 Å². The van der Waals surface area contributed by atoms with Crippen LogP contribution in [-0.2, 0) is 9.59 Å². The van der Waals surface area contributed by atoms with E-state index in [0.717, 1.165) is 18.4 Å². The molecule has 110 valence electrons. The number of allylic oxidation sites excluding steroid dienone is 2. The lowest BCUT2D eigenvalue weighted by atomic mass is 9.63. The second kappa shape index (κ2) is 4.03. The number of hydrogen-bond donors (Lipinski definition) is 1. The van der Waals surface area contributed by atoms with Crippen molar-refractivity contribution < 1.29 is 9.59 Å². The third-order valence-corrected chi connectivity index (χ3v) is 5.32. The highest BCUT2D eigenvalue weighted by molar-refractivity contribution is 6.22. The quantitative estimate of drug-likeness (QED) is 0.641.